The molecule has 120 valence electrons. The van der Waals surface area contributed by atoms with E-state index in [2.05, 4.69) is 30.9 Å². The van der Waals surface area contributed by atoms with Gasteiger partial charge in [0, 0.05) is 16.0 Å². The minimum absolute atomic E-state index is 0.0799. The van der Waals surface area contributed by atoms with E-state index in [1.807, 2.05) is 13.8 Å². The highest BCUT2D eigenvalue weighted by atomic mass is 79.9. The summed E-state index contributed by atoms with van der Waals surface area (Å²) >= 11 is 9.16. The Kier molecular flexibility index (Phi) is 5.30. The van der Waals surface area contributed by atoms with Gasteiger partial charge in [0.05, 0.1) is 5.69 Å². The molecule has 9 heteroatoms. The second kappa shape index (κ2) is 7.04. The number of hydrogen-bond donors (Lipinski definition) is 1. The molecule has 7 nitrogen and oxygen atoms in total. The van der Waals surface area contributed by atoms with E-state index in [4.69, 9.17) is 17.1 Å². The molecule has 0 spiro atoms. The van der Waals surface area contributed by atoms with Gasteiger partial charge in [0.25, 0.3) is 0 Å². The number of imidazole rings is 1. The number of rotatable bonds is 5. The Hall–Kier alpha value is -2.02. The fourth-order valence-corrected chi connectivity index (χ4v) is 3.21. The molecule has 1 aromatic heterocycles. The fraction of sp³-hybridized carbons (Fsp3) is 0.286. The van der Waals surface area contributed by atoms with Crippen molar-refractivity contribution in [2.75, 3.05) is 0 Å². The van der Waals surface area contributed by atoms with Crippen LogP contribution in [0.4, 0.5) is 0 Å². The minimum atomic E-state index is -1.19. The summed E-state index contributed by atoms with van der Waals surface area (Å²) in [5.74, 6) is -1.19. The van der Waals surface area contributed by atoms with Crippen LogP contribution in [0.5, 0.6) is 0 Å². The van der Waals surface area contributed by atoms with Crippen molar-refractivity contribution in [3.8, 4) is 0 Å². The third kappa shape index (κ3) is 3.50. The van der Waals surface area contributed by atoms with Crippen molar-refractivity contribution in [1.82, 2.24) is 9.55 Å². The molecule has 1 heterocycles. The first-order valence-electron chi connectivity index (χ1n) is 6.67. The first-order chi connectivity index (χ1) is 10.9. The molecule has 1 aromatic carbocycles. The zero-order valence-corrected chi connectivity index (χ0v) is 14.7. The Morgan fingerprint density at radius 1 is 1.43 bits per heavy atom. The molecule has 0 aliphatic heterocycles. The first-order valence-corrected chi connectivity index (χ1v) is 7.84. The van der Waals surface area contributed by atoms with Gasteiger partial charge in [-0.2, -0.15) is 0 Å². The second-order valence-electron chi connectivity index (χ2n) is 5.04. The van der Waals surface area contributed by atoms with Crippen LogP contribution in [0, 0.1) is 0 Å². The number of aromatic nitrogens is 2. The topological polar surface area (TPSA) is 104 Å². The fourth-order valence-electron chi connectivity index (χ4n) is 2.30. The van der Waals surface area contributed by atoms with E-state index in [1.54, 1.807) is 28.8 Å². The van der Waals surface area contributed by atoms with Gasteiger partial charge in [0.15, 0.2) is 10.4 Å². The van der Waals surface area contributed by atoms with Crippen molar-refractivity contribution in [2.24, 2.45) is 5.11 Å². The second-order valence-corrected chi connectivity index (χ2v) is 6.19. The van der Waals surface area contributed by atoms with Crippen molar-refractivity contribution in [1.29, 1.82) is 0 Å². The number of aromatic carboxylic acids is 1. The van der Waals surface area contributed by atoms with Gasteiger partial charge in [-0.25, -0.2) is 9.78 Å². The molecule has 1 atom stereocenters. The van der Waals surface area contributed by atoms with Crippen LogP contribution in [0.15, 0.2) is 34.1 Å². The molecule has 1 N–H and O–H groups in total. The van der Waals surface area contributed by atoms with E-state index in [9.17, 15) is 9.90 Å². The SMILES string of the molecule is CC(C)n1c(Br)nc(C(=O)O)c1C(N=[N+]=[N-])c1ccc(Cl)cc1. The van der Waals surface area contributed by atoms with Crippen LogP contribution in [0.25, 0.3) is 10.4 Å². The zero-order valence-electron chi connectivity index (χ0n) is 12.3. The standard InChI is InChI=1S/C14H13BrClN5O2/c1-7(2)21-12(11(13(22)23)18-14(21)15)10(19-20-17)8-3-5-9(16)6-4-8/h3-7,10H,1-2H3,(H,22,23). The largest absolute Gasteiger partial charge is 0.476 e. The maximum atomic E-state index is 11.6. The molecule has 0 saturated carbocycles. The predicted octanol–water partition coefficient (Wildman–Crippen LogP) is 4.98. The average molecular weight is 399 g/mol. The predicted molar refractivity (Wildman–Crippen MR) is 89.7 cm³/mol. The van der Waals surface area contributed by atoms with Gasteiger partial charge in [-0.15, -0.1) is 0 Å². The first kappa shape index (κ1) is 17.3. The number of azide groups is 1. The molecule has 2 aromatic rings. The van der Waals surface area contributed by atoms with E-state index in [1.165, 1.54) is 0 Å². The van der Waals surface area contributed by atoms with Crippen molar-refractivity contribution < 1.29 is 9.90 Å². The van der Waals surface area contributed by atoms with Crippen LogP contribution in [0.3, 0.4) is 0 Å². The number of halogens is 2. The summed E-state index contributed by atoms with van der Waals surface area (Å²) in [7, 11) is 0. The Balaban J connectivity index is 2.74. The summed E-state index contributed by atoms with van der Waals surface area (Å²) in [6.45, 7) is 3.77. The lowest BCUT2D eigenvalue weighted by Crippen LogP contribution is -2.14. The summed E-state index contributed by atoms with van der Waals surface area (Å²) in [6.07, 6.45) is 0. The molecule has 2 rings (SSSR count). The third-order valence-electron chi connectivity index (χ3n) is 3.24. The summed E-state index contributed by atoms with van der Waals surface area (Å²) in [5, 5.41) is 13.8. The van der Waals surface area contributed by atoms with E-state index < -0.39 is 12.0 Å². The van der Waals surface area contributed by atoms with E-state index >= 15 is 0 Å². The highest BCUT2D eigenvalue weighted by Gasteiger charge is 2.29. The summed E-state index contributed by atoms with van der Waals surface area (Å²) in [4.78, 5) is 18.5. The average Bonchev–Trinajstić information content (AvgIpc) is 2.83. The van der Waals surface area contributed by atoms with Gasteiger partial charge >= 0.3 is 5.97 Å². The monoisotopic (exact) mass is 397 g/mol. The number of hydrogen-bond acceptors (Lipinski definition) is 3. The lowest BCUT2D eigenvalue weighted by Gasteiger charge is -2.19. The van der Waals surface area contributed by atoms with Gasteiger partial charge < -0.3 is 9.67 Å². The van der Waals surface area contributed by atoms with E-state index in [0.717, 1.165) is 0 Å². The quantitative estimate of drug-likeness (QED) is 0.436. The molecule has 0 aliphatic rings. The molecule has 0 fully saturated rings. The summed E-state index contributed by atoms with van der Waals surface area (Å²) in [6, 6.07) is 5.79. The van der Waals surface area contributed by atoms with Crippen LogP contribution in [-0.4, -0.2) is 20.6 Å². The van der Waals surface area contributed by atoms with Crippen LogP contribution < -0.4 is 0 Å². The normalized spacial score (nSPS) is 12.0. The van der Waals surface area contributed by atoms with Gasteiger partial charge in [0.2, 0.25) is 0 Å². The van der Waals surface area contributed by atoms with E-state index in [0.29, 0.717) is 21.0 Å². The molecule has 0 aliphatic carbocycles. The smallest absolute Gasteiger partial charge is 0.356 e. The van der Waals surface area contributed by atoms with Crippen LogP contribution in [0.2, 0.25) is 5.02 Å². The van der Waals surface area contributed by atoms with Crippen LogP contribution in [-0.2, 0) is 0 Å². The zero-order chi connectivity index (χ0) is 17.1. The van der Waals surface area contributed by atoms with Crippen molar-refractivity contribution in [2.45, 2.75) is 25.9 Å². The van der Waals surface area contributed by atoms with Gasteiger partial charge in [-0.1, -0.05) is 28.8 Å². The van der Waals surface area contributed by atoms with Crippen LogP contribution >= 0.6 is 27.5 Å². The summed E-state index contributed by atoms with van der Waals surface area (Å²) < 4.78 is 2.06. The van der Waals surface area contributed by atoms with Crippen LogP contribution in [0.1, 0.15) is 47.7 Å². The Morgan fingerprint density at radius 2 is 2.04 bits per heavy atom. The van der Waals surface area contributed by atoms with E-state index in [-0.39, 0.29) is 11.7 Å². The Morgan fingerprint density at radius 3 is 2.52 bits per heavy atom. The molecule has 0 bridgehead atoms. The number of nitrogens with zero attached hydrogens (tertiary/aromatic N) is 5. The van der Waals surface area contributed by atoms with Crippen molar-refractivity contribution in [3.05, 3.63) is 61.4 Å². The highest BCUT2D eigenvalue weighted by molar-refractivity contribution is 9.10. The minimum Gasteiger partial charge on any atom is -0.476 e. The molecule has 0 amide bonds. The molecule has 1 unspecified atom stereocenters. The van der Waals surface area contributed by atoms with Crippen molar-refractivity contribution in [3.63, 3.8) is 0 Å². The number of carboxylic acids is 1. The van der Waals surface area contributed by atoms with Gasteiger partial charge in [0.1, 0.15) is 6.04 Å². The Labute approximate surface area is 145 Å². The molecule has 23 heavy (non-hydrogen) atoms. The Bertz CT molecular complexity index is 781. The molecular formula is C14H13BrClN5O2. The van der Waals surface area contributed by atoms with Crippen molar-refractivity contribution >= 4 is 33.5 Å². The molecule has 0 saturated heterocycles. The molecule has 0 radical (unpaired) electrons. The lowest BCUT2D eigenvalue weighted by atomic mass is 10.0. The van der Waals surface area contributed by atoms with Gasteiger partial charge in [-0.05, 0) is 53.0 Å². The van der Waals surface area contributed by atoms with Gasteiger partial charge in [-0.3, -0.25) is 0 Å². The number of benzene rings is 1. The molecular weight excluding hydrogens is 386 g/mol. The maximum absolute atomic E-state index is 11.6. The maximum Gasteiger partial charge on any atom is 0.356 e. The summed E-state index contributed by atoms with van der Waals surface area (Å²) in [5.41, 5.74) is 9.72. The number of carboxylic acid groups (broad SMARTS) is 1. The lowest BCUT2D eigenvalue weighted by molar-refractivity contribution is 0.0689. The highest BCUT2D eigenvalue weighted by Crippen LogP contribution is 2.34. The third-order valence-corrected chi connectivity index (χ3v) is 4.05. The number of carbonyl (C=O) groups is 1.